The Labute approximate surface area is 164 Å². The molecule has 0 saturated carbocycles. The molecule has 0 N–H and O–H groups in total. The number of unbranched alkanes of at least 4 members (excludes halogenated alkanes) is 1. The van der Waals surface area contributed by atoms with Crippen molar-refractivity contribution in [1.82, 2.24) is 14.8 Å². The lowest BCUT2D eigenvalue weighted by atomic mass is 10.1. The van der Waals surface area contributed by atoms with E-state index < -0.39 is 0 Å². The number of hydrogen-bond donors (Lipinski definition) is 0. The summed E-state index contributed by atoms with van der Waals surface area (Å²) in [4.78, 5) is 0. The summed E-state index contributed by atoms with van der Waals surface area (Å²) in [6.45, 7) is 0.783. The van der Waals surface area contributed by atoms with Gasteiger partial charge >= 0.3 is 0 Å². The zero-order valence-electron chi connectivity index (χ0n) is 15.3. The molecule has 0 saturated heterocycles. The first-order chi connectivity index (χ1) is 13.3. The van der Waals surface area contributed by atoms with Crippen LogP contribution in [0.1, 0.15) is 18.4 Å². The number of nitrogens with zero attached hydrogens (tertiary/aromatic N) is 4. The van der Waals surface area contributed by atoms with Gasteiger partial charge in [-0.25, -0.2) is 0 Å². The molecule has 3 rings (SSSR count). The van der Waals surface area contributed by atoms with Gasteiger partial charge in [-0.15, -0.1) is 10.2 Å². The Bertz CT molecular complexity index is 902. The second-order valence-corrected chi connectivity index (χ2v) is 7.07. The van der Waals surface area contributed by atoms with E-state index in [9.17, 15) is 0 Å². The summed E-state index contributed by atoms with van der Waals surface area (Å²) in [5.74, 6) is 2.45. The van der Waals surface area contributed by atoms with Crippen LogP contribution in [-0.2, 0) is 13.0 Å². The fraction of sp³-hybridized carbons (Fsp3) is 0.286. The molecule has 1 heterocycles. The van der Waals surface area contributed by atoms with E-state index in [1.54, 1.807) is 18.9 Å². The number of hydrogen-bond acceptors (Lipinski definition) is 5. The quantitative estimate of drug-likeness (QED) is 0.402. The van der Waals surface area contributed by atoms with Crippen LogP contribution >= 0.6 is 11.8 Å². The number of aryl methyl sites for hydroxylation is 1. The standard InChI is InChI=1S/C21H22N4OS/c1-26-19-12-6-5-11-18(19)20-23-24-21(27-16-8-7-14-22)25(20)15-13-17-9-3-2-4-10-17/h2-6,9-12H,7-8,13,15-16H2,1H3. The maximum Gasteiger partial charge on any atom is 0.191 e. The molecule has 0 radical (unpaired) electrons. The predicted molar refractivity (Wildman–Crippen MR) is 108 cm³/mol. The number of thioether (sulfide) groups is 1. The smallest absolute Gasteiger partial charge is 0.191 e. The molecule has 0 spiro atoms. The van der Waals surface area contributed by atoms with Gasteiger partial charge in [0.05, 0.1) is 18.7 Å². The number of nitriles is 1. The summed E-state index contributed by atoms with van der Waals surface area (Å²) in [6.07, 6.45) is 2.30. The number of ether oxygens (including phenoxy) is 1. The van der Waals surface area contributed by atoms with Crippen LogP contribution in [0.5, 0.6) is 5.75 Å². The largest absolute Gasteiger partial charge is 0.496 e. The monoisotopic (exact) mass is 378 g/mol. The van der Waals surface area contributed by atoms with Crippen molar-refractivity contribution in [2.75, 3.05) is 12.9 Å². The van der Waals surface area contributed by atoms with Crippen LogP contribution in [0, 0.1) is 11.3 Å². The minimum Gasteiger partial charge on any atom is -0.496 e. The summed E-state index contributed by atoms with van der Waals surface area (Å²) in [7, 11) is 1.67. The van der Waals surface area contributed by atoms with Crippen molar-refractivity contribution in [3.8, 4) is 23.2 Å². The Balaban J connectivity index is 1.88. The first-order valence-corrected chi connectivity index (χ1v) is 9.92. The minimum absolute atomic E-state index is 0.560. The maximum atomic E-state index is 8.73. The second kappa shape index (κ2) is 9.79. The summed E-state index contributed by atoms with van der Waals surface area (Å²) < 4.78 is 7.67. The summed E-state index contributed by atoms with van der Waals surface area (Å²) in [5.41, 5.74) is 2.21. The molecule has 2 aromatic carbocycles. The third-order valence-electron chi connectivity index (χ3n) is 4.20. The van der Waals surface area contributed by atoms with Crippen LogP contribution in [0.15, 0.2) is 59.8 Å². The Kier molecular flexibility index (Phi) is 6.89. The first kappa shape index (κ1) is 19.0. The zero-order valence-corrected chi connectivity index (χ0v) is 16.2. The molecule has 0 atom stereocenters. The lowest BCUT2D eigenvalue weighted by Crippen LogP contribution is -2.06. The molecule has 1 aromatic heterocycles. The lowest BCUT2D eigenvalue weighted by Gasteiger charge is -2.12. The molecular formula is C21H22N4OS. The van der Waals surface area contributed by atoms with E-state index in [0.29, 0.717) is 6.42 Å². The Morgan fingerprint density at radius 1 is 1.07 bits per heavy atom. The predicted octanol–water partition coefficient (Wildman–Crippen LogP) is 4.59. The molecule has 138 valence electrons. The van der Waals surface area contributed by atoms with Gasteiger partial charge in [0.1, 0.15) is 5.75 Å². The van der Waals surface area contributed by atoms with Gasteiger partial charge in [0.2, 0.25) is 0 Å². The van der Waals surface area contributed by atoms with Crippen molar-refractivity contribution >= 4 is 11.8 Å². The van der Waals surface area contributed by atoms with Crippen molar-refractivity contribution in [1.29, 1.82) is 5.26 Å². The highest BCUT2D eigenvalue weighted by Gasteiger charge is 2.17. The molecule has 27 heavy (non-hydrogen) atoms. The van der Waals surface area contributed by atoms with E-state index in [-0.39, 0.29) is 0 Å². The fourth-order valence-corrected chi connectivity index (χ4v) is 3.73. The molecule has 6 heteroatoms. The molecule has 0 aliphatic heterocycles. The van der Waals surface area contributed by atoms with Crippen molar-refractivity contribution in [3.63, 3.8) is 0 Å². The molecular weight excluding hydrogens is 356 g/mol. The van der Waals surface area contributed by atoms with E-state index in [1.807, 2.05) is 30.3 Å². The molecule has 0 aliphatic rings. The topological polar surface area (TPSA) is 63.7 Å². The molecule has 0 aliphatic carbocycles. The third kappa shape index (κ3) is 4.89. The highest BCUT2D eigenvalue weighted by atomic mass is 32.2. The van der Waals surface area contributed by atoms with Gasteiger partial charge < -0.3 is 9.30 Å². The number of benzene rings is 2. The van der Waals surface area contributed by atoms with Crippen molar-refractivity contribution < 1.29 is 4.74 Å². The van der Waals surface area contributed by atoms with Crippen molar-refractivity contribution in [3.05, 3.63) is 60.2 Å². The van der Waals surface area contributed by atoms with Gasteiger partial charge in [-0.2, -0.15) is 5.26 Å². The first-order valence-electron chi connectivity index (χ1n) is 8.93. The van der Waals surface area contributed by atoms with E-state index >= 15 is 0 Å². The third-order valence-corrected chi connectivity index (χ3v) is 5.25. The van der Waals surface area contributed by atoms with E-state index in [0.717, 1.165) is 47.4 Å². The average Bonchev–Trinajstić information content (AvgIpc) is 3.13. The number of para-hydroxylation sites is 1. The SMILES string of the molecule is COc1ccccc1-c1nnc(SCCCC#N)n1CCc1ccccc1. The molecule has 3 aromatic rings. The van der Waals surface area contributed by atoms with E-state index in [4.69, 9.17) is 10.00 Å². The molecule has 0 amide bonds. The Hall–Kier alpha value is -2.78. The lowest BCUT2D eigenvalue weighted by molar-refractivity contribution is 0.415. The van der Waals surface area contributed by atoms with Gasteiger partial charge in [-0.05, 0) is 30.5 Å². The Morgan fingerprint density at radius 2 is 1.85 bits per heavy atom. The highest BCUT2D eigenvalue weighted by Crippen LogP contribution is 2.31. The summed E-state index contributed by atoms with van der Waals surface area (Å²) in [6, 6.07) is 20.5. The van der Waals surface area contributed by atoms with Crippen LogP contribution < -0.4 is 4.74 Å². The summed E-state index contributed by atoms with van der Waals surface area (Å²) >= 11 is 1.65. The van der Waals surface area contributed by atoms with Crippen molar-refractivity contribution in [2.24, 2.45) is 0 Å². The molecule has 5 nitrogen and oxygen atoms in total. The van der Waals surface area contributed by atoms with Gasteiger partial charge in [0, 0.05) is 18.7 Å². The van der Waals surface area contributed by atoms with Crippen LogP contribution in [0.25, 0.3) is 11.4 Å². The Morgan fingerprint density at radius 3 is 2.63 bits per heavy atom. The van der Waals surface area contributed by atoms with Crippen LogP contribution in [0.3, 0.4) is 0 Å². The van der Waals surface area contributed by atoms with E-state index in [2.05, 4.69) is 45.1 Å². The van der Waals surface area contributed by atoms with Crippen LogP contribution in [0.2, 0.25) is 0 Å². The minimum atomic E-state index is 0.560. The number of methoxy groups -OCH3 is 1. The number of rotatable bonds is 9. The normalized spacial score (nSPS) is 10.5. The second-order valence-electron chi connectivity index (χ2n) is 6.00. The average molecular weight is 379 g/mol. The van der Waals surface area contributed by atoms with Gasteiger partial charge in [-0.1, -0.05) is 54.2 Å². The molecule has 0 fully saturated rings. The zero-order chi connectivity index (χ0) is 18.9. The maximum absolute atomic E-state index is 8.73. The van der Waals surface area contributed by atoms with Gasteiger partial charge in [-0.3, -0.25) is 0 Å². The van der Waals surface area contributed by atoms with Crippen molar-refractivity contribution in [2.45, 2.75) is 31.0 Å². The number of aromatic nitrogens is 3. The van der Waals surface area contributed by atoms with Crippen LogP contribution in [-0.4, -0.2) is 27.6 Å². The molecule has 0 unspecified atom stereocenters. The molecule has 0 bridgehead atoms. The highest BCUT2D eigenvalue weighted by molar-refractivity contribution is 7.99. The van der Waals surface area contributed by atoms with Gasteiger partial charge in [0.15, 0.2) is 11.0 Å². The van der Waals surface area contributed by atoms with Gasteiger partial charge in [0.25, 0.3) is 0 Å². The van der Waals surface area contributed by atoms with E-state index in [1.165, 1.54) is 5.56 Å². The summed E-state index contributed by atoms with van der Waals surface area (Å²) in [5, 5.41) is 18.5. The van der Waals surface area contributed by atoms with Crippen LogP contribution in [0.4, 0.5) is 0 Å². The fourth-order valence-electron chi connectivity index (χ4n) is 2.83.